The van der Waals surface area contributed by atoms with Crippen LogP contribution in [0.1, 0.15) is 11.3 Å². The van der Waals surface area contributed by atoms with E-state index in [2.05, 4.69) is 27.4 Å². The Labute approximate surface area is 123 Å². The summed E-state index contributed by atoms with van der Waals surface area (Å²) in [4.78, 5) is 7.06. The quantitative estimate of drug-likeness (QED) is 0.725. The van der Waals surface area contributed by atoms with Crippen molar-refractivity contribution in [3.05, 3.63) is 78.4 Å². The first kappa shape index (κ1) is 13.2. The molecule has 2 aromatic carbocycles. The van der Waals surface area contributed by atoms with Gasteiger partial charge in [-0.1, -0.05) is 36.4 Å². The highest BCUT2D eigenvalue weighted by molar-refractivity contribution is 5.48. The predicted octanol–water partition coefficient (Wildman–Crippen LogP) is 3.60. The monoisotopic (exact) mass is 279 g/mol. The maximum absolute atomic E-state index is 5.81. The third-order valence-corrected chi connectivity index (χ3v) is 3.12. The molecule has 4 heteroatoms. The Hall–Kier alpha value is -2.75. The summed E-state index contributed by atoms with van der Waals surface area (Å²) in [6, 6.07) is 18.1. The van der Waals surface area contributed by atoms with E-state index in [4.69, 9.17) is 4.74 Å². The fraction of sp³-hybridized carbons (Fsp3) is 0.118. The smallest absolute Gasteiger partial charge is 0.121 e. The number of ether oxygens (including phenoxy) is 1. The Morgan fingerprint density at radius 3 is 2.76 bits per heavy atom. The SMILES string of the molecule is c1ccc(COc2cccc(NCc3cnc[nH]3)c2)cc1. The van der Waals surface area contributed by atoms with Gasteiger partial charge < -0.3 is 15.0 Å². The number of nitrogens with zero attached hydrogens (tertiary/aromatic N) is 1. The van der Waals surface area contributed by atoms with Gasteiger partial charge >= 0.3 is 0 Å². The fourth-order valence-electron chi connectivity index (χ4n) is 2.02. The van der Waals surface area contributed by atoms with Crippen LogP contribution >= 0.6 is 0 Å². The minimum absolute atomic E-state index is 0.574. The molecule has 2 N–H and O–H groups in total. The molecule has 3 aromatic rings. The molecule has 4 nitrogen and oxygen atoms in total. The second-order valence-electron chi connectivity index (χ2n) is 4.73. The summed E-state index contributed by atoms with van der Waals surface area (Å²) in [5, 5.41) is 3.33. The number of benzene rings is 2. The third-order valence-electron chi connectivity index (χ3n) is 3.12. The van der Waals surface area contributed by atoms with Crippen molar-refractivity contribution in [2.75, 3.05) is 5.32 Å². The first-order valence-corrected chi connectivity index (χ1v) is 6.88. The van der Waals surface area contributed by atoms with Gasteiger partial charge in [0.1, 0.15) is 12.4 Å². The number of anilines is 1. The van der Waals surface area contributed by atoms with Crippen LogP contribution in [0.5, 0.6) is 5.75 Å². The van der Waals surface area contributed by atoms with Gasteiger partial charge in [-0.05, 0) is 17.7 Å². The summed E-state index contributed by atoms with van der Waals surface area (Å²) in [7, 11) is 0. The molecule has 0 aliphatic rings. The number of rotatable bonds is 6. The zero-order chi connectivity index (χ0) is 14.3. The molecule has 0 bridgehead atoms. The van der Waals surface area contributed by atoms with E-state index in [-0.39, 0.29) is 0 Å². The molecule has 0 amide bonds. The molecule has 0 aliphatic heterocycles. The van der Waals surface area contributed by atoms with E-state index in [1.165, 1.54) is 0 Å². The normalized spacial score (nSPS) is 10.3. The van der Waals surface area contributed by atoms with E-state index in [0.717, 1.165) is 22.7 Å². The molecular formula is C17H17N3O. The fourth-order valence-corrected chi connectivity index (χ4v) is 2.02. The van der Waals surface area contributed by atoms with E-state index in [1.807, 2.05) is 48.7 Å². The molecular weight excluding hydrogens is 262 g/mol. The molecule has 0 radical (unpaired) electrons. The largest absolute Gasteiger partial charge is 0.489 e. The summed E-state index contributed by atoms with van der Waals surface area (Å²) in [6.07, 6.45) is 3.49. The number of hydrogen-bond acceptors (Lipinski definition) is 3. The molecule has 0 atom stereocenters. The highest BCUT2D eigenvalue weighted by Crippen LogP contribution is 2.19. The number of H-pyrrole nitrogens is 1. The van der Waals surface area contributed by atoms with Gasteiger partial charge in [-0.15, -0.1) is 0 Å². The van der Waals surface area contributed by atoms with Crippen LogP contribution in [0.15, 0.2) is 67.1 Å². The Morgan fingerprint density at radius 1 is 1.05 bits per heavy atom. The predicted molar refractivity (Wildman–Crippen MR) is 83.1 cm³/mol. The van der Waals surface area contributed by atoms with Crippen LogP contribution in [0, 0.1) is 0 Å². The lowest BCUT2D eigenvalue weighted by Gasteiger charge is -2.09. The minimum atomic E-state index is 0.574. The second kappa shape index (κ2) is 6.61. The van der Waals surface area contributed by atoms with Crippen molar-refractivity contribution in [3.8, 4) is 5.75 Å². The number of imidazole rings is 1. The Balaban J connectivity index is 1.58. The van der Waals surface area contributed by atoms with Crippen molar-refractivity contribution in [1.29, 1.82) is 0 Å². The number of aromatic nitrogens is 2. The van der Waals surface area contributed by atoms with Crippen molar-refractivity contribution >= 4 is 5.69 Å². The van der Waals surface area contributed by atoms with Crippen LogP contribution in [-0.2, 0) is 13.2 Å². The lowest BCUT2D eigenvalue weighted by molar-refractivity contribution is 0.306. The van der Waals surface area contributed by atoms with E-state index < -0.39 is 0 Å². The van der Waals surface area contributed by atoms with Crippen molar-refractivity contribution in [1.82, 2.24) is 9.97 Å². The Kier molecular flexibility index (Phi) is 4.17. The van der Waals surface area contributed by atoms with Crippen molar-refractivity contribution in [2.24, 2.45) is 0 Å². The summed E-state index contributed by atoms with van der Waals surface area (Å²) >= 11 is 0. The molecule has 0 spiro atoms. The molecule has 1 aromatic heterocycles. The van der Waals surface area contributed by atoms with Gasteiger partial charge in [0, 0.05) is 18.0 Å². The average Bonchev–Trinajstić information content (AvgIpc) is 3.06. The van der Waals surface area contributed by atoms with Crippen molar-refractivity contribution in [2.45, 2.75) is 13.2 Å². The lowest BCUT2D eigenvalue weighted by atomic mass is 10.2. The van der Waals surface area contributed by atoms with Gasteiger partial charge in [0.25, 0.3) is 0 Å². The van der Waals surface area contributed by atoms with E-state index in [0.29, 0.717) is 13.2 Å². The molecule has 0 aliphatic carbocycles. The maximum Gasteiger partial charge on any atom is 0.121 e. The van der Waals surface area contributed by atoms with Gasteiger partial charge in [0.15, 0.2) is 0 Å². The zero-order valence-corrected chi connectivity index (χ0v) is 11.6. The Morgan fingerprint density at radius 2 is 1.95 bits per heavy atom. The summed E-state index contributed by atoms with van der Waals surface area (Å²) in [5.41, 5.74) is 3.23. The van der Waals surface area contributed by atoms with Crippen molar-refractivity contribution < 1.29 is 4.74 Å². The first-order chi connectivity index (χ1) is 10.4. The van der Waals surface area contributed by atoms with Crippen LogP contribution in [0.25, 0.3) is 0 Å². The molecule has 0 saturated carbocycles. The van der Waals surface area contributed by atoms with Crippen LogP contribution in [-0.4, -0.2) is 9.97 Å². The zero-order valence-electron chi connectivity index (χ0n) is 11.6. The molecule has 0 unspecified atom stereocenters. The van der Waals surface area contributed by atoms with Gasteiger partial charge in [0.2, 0.25) is 0 Å². The average molecular weight is 279 g/mol. The van der Waals surface area contributed by atoms with Crippen LogP contribution in [0.4, 0.5) is 5.69 Å². The molecule has 3 rings (SSSR count). The highest BCUT2D eigenvalue weighted by atomic mass is 16.5. The number of aromatic amines is 1. The summed E-state index contributed by atoms with van der Waals surface area (Å²) < 4.78 is 5.81. The lowest BCUT2D eigenvalue weighted by Crippen LogP contribution is -2.00. The van der Waals surface area contributed by atoms with Gasteiger partial charge in [-0.3, -0.25) is 0 Å². The summed E-state index contributed by atoms with van der Waals surface area (Å²) in [6.45, 7) is 1.28. The van der Waals surface area contributed by atoms with E-state index in [1.54, 1.807) is 6.33 Å². The van der Waals surface area contributed by atoms with Gasteiger partial charge in [-0.2, -0.15) is 0 Å². The van der Waals surface area contributed by atoms with E-state index in [9.17, 15) is 0 Å². The minimum Gasteiger partial charge on any atom is -0.489 e. The standard InChI is InChI=1S/C17H17N3O/c1-2-5-14(6-3-1)12-21-17-8-4-7-15(9-17)19-11-16-10-18-13-20-16/h1-10,13,19H,11-12H2,(H,18,20). The maximum atomic E-state index is 5.81. The van der Waals surface area contributed by atoms with E-state index >= 15 is 0 Å². The number of nitrogens with one attached hydrogen (secondary N) is 2. The molecule has 0 saturated heterocycles. The second-order valence-corrected chi connectivity index (χ2v) is 4.73. The van der Waals surface area contributed by atoms with Crippen LogP contribution in [0.2, 0.25) is 0 Å². The molecule has 0 fully saturated rings. The molecule has 106 valence electrons. The highest BCUT2D eigenvalue weighted by Gasteiger charge is 1.99. The molecule has 1 heterocycles. The van der Waals surface area contributed by atoms with Gasteiger partial charge in [-0.25, -0.2) is 4.98 Å². The van der Waals surface area contributed by atoms with Crippen molar-refractivity contribution in [3.63, 3.8) is 0 Å². The Bertz CT molecular complexity index is 666. The van der Waals surface area contributed by atoms with Gasteiger partial charge in [0.05, 0.1) is 18.6 Å². The van der Waals surface area contributed by atoms with Crippen LogP contribution in [0.3, 0.4) is 0 Å². The first-order valence-electron chi connectivity index (χ1n) is 6.88. The summed E-state index contributed by atoms with van der Waals surface area (Å²) in [5.74, 6) is 0.855. The molecule has 21 heavy (non-hydrogen) atoms. The third kappa shape index (κ3) is 3.86. The van der Waals surface area contributed by atoms with Crippen LogP contribution < -0.4 is 10.1 Å². The topological polar surface area (TPSA) is 49.9 Å². The number of hydrogen-bond donors (Lipinski definition) is 2.